The summed E-state index contributed by atoms with van der Waals surface area (Å²) < 4.78 is 0. The lowest BCUT2D eigenvalue weighted by atomic mass is 10.1. The van der Waals surface area contributed by atoms with Gasteiger partial charge in [0, 0.05) is 28.2 Å². The van der Waals surface area contributed by atoms with E-state index in [2.05, 4.69) is 15.3 Å². The number of carbonyl (C=O) groups is 1. The number of hydrogen-bond acceptors (Lipinski definition) is 2. The molecule has 0 spiro atoms. The van der Waals surface area contributed by atoms with E-state index in [-0.39, 0.29) is 17.9 Å². The number of para-hydroxylation sites is 1. The molecule has 3 aromatic rings. The summed E-state index contributed by atoms with van der Waals surface area (Å²) >= 11 is 0. The summed E-state index contributed by atoms with van der Waals surface area (Å²) in [6, 6.07) is 16.8. The van der Waals surface area contributed by atoms with E-state index in [4.69, 9.17) is 5.73 Å². The zero-order valence-corrected chi connectivity index (χ0v) is 12.8. The summed E-state index contributed by atoms with van der Waals surface area (Å²) in [6.07, 6.45) is 1.92. The molecular weight excluding hydrogens is 288 g/mol. The molecule has 1 amide bonds. The van der Waals surface area contributed by atoms with Gasteiger partial charge in [-0.25, -0.2) is 4.99 Å². The highest BCUT2D eigenvalue weighted by Gasteiger charge is 2.12. The monoisotopic (exact) mass is 306 g/mol. The van der Waals surface area contributed by atoms with Gasteiger partial charge in [0.1, 0.15) is 0 Å². The van der Waals surface area contributed by atoms with Crippen molar-refractivity contribution in [3.63, 3.8) is 0 Å². The van der Waals surface area contributed by atoms with Gasteiger partial charge in [0.25, 0.3) is 5.91 Å². The highest BCUT2D eigenvalue weighted by Crippen LogP contribution is 2.25. The Balaban J connectivity index is 1.76. The number of carbonyl (C=O) groups excluding carboxylic acids is 1. The van der Waals surface area contributed by atoms with Gasteiger partial charge in [-0.3, -0.25) is 10.1 Å². The van der Waals surface area contributed by atoms with Crippen molar-refractivity contribution in [1.29, 1.82) is 0 Å². The Morgan fingerprint density at radius 3 is 2.61 bits per heavy atom. The van der Waals surface area contributed by atoms with E-state index in [1.807, 2.05) is 43.5 Å². The number of rotatable bonds is 3. The van der Waals surface area contributed by atoms with Crippen LogP contribution in [-0.2, 0) is 0 Å². The molecule has 0 bridgehead atoms. The average molecular weight is 306 g/mol. The molecule has 5 nitrogen and oxygen atoms in total. The lowest BCUT2D eigenvalue weighted by molar-refractivity contribution is 0.0976. The zero-order chi connectivity index (χ0) is 16.2. The van der Waals surface area contributed by atoms with Crippen LogP contribution in [0.3, 0.4) is 0 Å². The van der Waals surface area contributed by atoms with Gasteiger partial charge >= 0.3 is 0 Å². The Labute approximate surface area is 134 Å². The van der Waals surface area contributed by atoms with Crippen LogP contribution in [0, 0.1) is 0 Å². The van der Waals surface area contributed by atoms with Gasteiger partial charge in [-0.2, -0.15) is 0 Å². The van der Waals surface area contributed by atoms with Crippen molar-refractivity contribution in [3.05, 3.63) is 71.9 Å². The molecule has 3 rings (SSSR count). The molecule has 0 aliphatic carbocycles. The molecule has 0 fully saturated rings. The predicted molar refractivity (Wildman–Crippen MR) is 92.2 cm³/mol. The van der Waals surface area contributed by atoms with Crippen LogP contribution in [0.2, 0.25) is 0 Å². The zero-order valence-electron chi connectivity index (χ0n) is 12.8. The molecule has 0 saturated heterocycles. The number of hydrogen-bond donors (Lipinski definition) is 3. The first kappa shape index (κ1) is 14.8. The fraction of sp³-hybridized carbons (Fsp3) is 0.111. The third kappa shape index (κ3) is 3.23. The van der Waals surface area contributed by atoms with Gasteiger partial charge in [-0.15, -0.1) is 0 Å². The van der Waals surface area contributed by atoms with Gasteiger partial charge in [0.2, 0.25) is 0 Å². The fourth-order valence-corrected chi connectivity index (χ4v) is 2.53. The van der Waals surface area contributed by atoms with E-state index in [1.165, 1.54) is 0 Å². The fourth-order valence-electron chi connectivity index (χ4n) is 2.53. The molecule has 4 N–H and O–H groups in total. The standard InChI is InChI=1S/C18H18N4O/c1-12(15-11-20-16-10-6-5-9-14(15)16)21-18(19)22-17(23)13-7-3-2-4-8-13/h2-12,20H,1H3,(H3,19,21,22,23). The number of guanidine groups is 1. The van der Waals surface area contributed by atoms with Crippen molar-refractivity contribution in [1.82, 2.24) is 10.3 Å². The van der Waals surface area contributed by atoms with Crippen LogP contribution in [0.15, 0.2) is 65.8 Å². The number of H-pyrrole nitrogens is 1. The SMILES string of the molecule is CC(N=C(N)NC(=O)c1ccccc1)c1c[nH]c2ccccc12. The first-order valence-electron chi connectivity index (χ1n) is 7.41. The summed E-state index contributed by atoms with van der Waals surface area (Å²) in [4.78, 5) is 19.6. The Bertz CT molecular complexity index is 852. The molecule has 116 valence electrons. The van der Waals surface area contributed by atoms with Crippen molar-refractivity contribution in [3.8, 4) is 0 Å². The average Bonchev–Trinajstić information content (AvgIpc) is 2.99. The van der Waals surface area contributed by atoms with Crippen LogP contribution >= 0.6 is 0 Å². The first-order valence-corrected chi connectivity index (χ1v) is 7.41. The topological polar surface area (TPSA) is 83.3 Å². The van der Waals surface area contributed by atoms with E-state index in [1.54, 1.807) is 24.3 Å². The molecule has 0 radical (unpaired) electrons. The second-order valence-electron chi connectivity index (χ2n) is 5.30. The Morgan fingerprint density at radius 2 is 1.83 bits per heavy atom. The minimum Gasteiger partial charge on any atom is -0.370 e. The van der Waals surface area contributed by atoms with Crippen molar-refractivity contribution in [2.75, 3.05) is 0 Å². The normalized spacial score (nSPS) is 13.0. The van der Waals surface area contributed by atoms with Crippen LogP contribution in [0.4, 0.5) is 0 Å². The maximum Gasteiger partial charge on any atom is 0.257 e. The minimum absolute atomic E-state index is 0.108. The Hall–Kier alpha value is -3.08. The number of nitrogens with two attached hydrogens (primary N) is 1. The van der Waals surface area contributed by atoms with E-state index >= 15 is 0 Å². The highest BCUT2D eigenvalue weighted by atomic mass is 16.1. The molecule has 5 heteroatoms. The Morgan fingerprint density at radius 1 is 1.13 bits per heavy atom. The Kier molecular flexibility index (Phi) is 4.10. The molecule has 2 aromatic carbocycles. The van der Waals surface area contributed by atoms with Gasteiger partial charge in [0.15, 0.2) is 5.96 Å². The molecule has 1 atom stereocenters. The number of benzene rings is 2. The second kappa shape index (κ2) is 6.36. The lowest BCUT2D eigenvalue weighted by Crippen LogP contribution is -2.37. The highest BCUT2D eigenvalue weighted by molar-refractivity contribution is 6.05. The van der Waals surface area contributed by atoms with Crippen LogP contribution < -0.4 is 11.1 Å². The summed E-state index contributed by atoms with van der Waals surface area (Å²) in [7, 11) is 0. The minimum atomic E-state index is -0.266. The molecular formula is C18H18N4O. The van der Waals surface area contributed by atoms with Crippen molar-refractivity contribution in [2.24, 2.45) is 10.7 Å². The predicted octanol–water partition coefficient (Wildman–Crippen LogP) is 2.97. The van der Waals surface area contributed by atoms with Gasteiger partial charge < -0.3 is 10.7 Å². The van der Waals surface area contributed by atoms with Crippen molar-refractivity contribution >= 4 is 22.8 Å². The van der Waals surface area contributed by atoms with Gasteiger partial charge in [-0.05, 0) is 25.1 Å². The van der Waals surface area contributed by atoms with Crippen molar-refractivity contribution < 1.29 is 4.79 Å². The largest absolute Gasteiger partial charge is 0.370 e. The summed E-state index contributed by atoms with van der Waals surface area (Å²) in [6.45, 7) is 1.94. The number of fused-ring (bicyclic) bond motifs is 1. The quantitative estimate of drug-likeness (QED) is 0.513. The van der Waals surface area contributed by atoms with Gasteiger partial charge in [0.05, 0.1) is 6.04 Å². The van der Waals surface area contributed by atoms with Crippen LogP contribution in [0.5, 0.6) is 0 Å². The maximum absolute atomic E-state index is 12.1. The molecule has 0 saturated carbocycles. The molecule has 1 heterocycles. The smallest absolute Gasteiger partial charge is 0.257 e. The molecule has 1 unspecified atom stereocenters. The number of nitrogens with one attached hydrogen (secondary N) is 2. The lowest BCUT2D eigenvalue weighted by Gasteiger charge is -2.09. The summed E-state index contributed by atoms with van der Waals surface area (Å²) in [5, 5.41) is 3.72. The third-order valence-electron chi connectivity index (χ3n) is 3.68. The van der Waals surface area contributed by atoms with E-state index in [0.717, 1.165) is 16.5 Å². The first-order chi connectivity index (χ1) is 11.1. The number of aromatic amines is 1. The number of aromatic nitrogens is 1. The molecule has 0 aliphatic heterocycles. The van der Waals surface area contributed by atoms with Crippen LogP contribution in [0.25, 0.3) is 10.9 Å². The van der Waals surface area contributed by atoms with E-state index in [0.29, 0.717) is 5.56 Å². The summed E-state index contributed by atoms with van der Waals surface area (Å²) in [5.41, 5.74) is 8.51. The molecule has 1 aromatic heterocycles. The number of aliphatic imine (C=N–C) groups is 1. The van der Waals surface area contributed by atoms with Crippen LogP contribution in [0.1, 0.15) is 28.9 Å². The molecule has 0 aliphatic rings. The third-order valence-corrected chi connectivity index (χ3v) is 3.68. The van der Waals surface area contributed by atoms with Crippen molar-refractivity contribution in [2.45, 2.75) is 13.0 Å². The van der Waals surface area contributed by atoms with E-state index in [9.17, 15) is 4.79 Å². The number of amides is 1. The van der Waals surface area contributed by atoms with E-state index < -0.39 is 0 Å². The molecule has 23 heavy (non-hydrogen) atoms. The van der Waals surface area contributed by atoms with Crippen LogP contribution in [-0.4, -0.2) is 16.9 Å². The van der Waals surface area contributed by atoms with Gasteiger partial charge in [-0.1, -0.05) is 36.4 Å². The summed E-state index contributed by atoms with van der Waals surface area (Å²) in [5.74, 6) is -0.158. The maximum atomic E-state index is 12.1. The number of nitrogens with zero attached hydrogens (tertiary/aromatic N) is 1. The second-order valence-corrected chi connectivity index (χ2v) is 5.30.